The molecule has 31 heavy (non-hydrogen) atoms. The van der Waals surface area contributed by atoms with Gasteiger partial charge in [-0.3, -0.25) is 4.79 Å². The van der Waals surface area contributed by atoms with Gasteiger partial charge in [-0.25, -0.2) is 4.68 Å². The zero-order chi connectivity index (χ0) is 22.6. The monoisotopic (exact) mass is 434 g/mol. The fourth-order valence-corrected chi connectivity index (χ4v) is 2.77. The van der Waals surface area contributed by atoms with Gasteiger partial charge in [-0.15, -0.1) is 5.10 Å². The minimum Gasteiger partial charge on any atom is -0.460 e. The maximum atomic E-state index is 12.9. The lowest BCUT2D eigenvalue weighted by Crippen LogP contribution is -2.17. The van der Waals surface area contributed by atoms with Gasteiger partial charge in [0.05, 0.1) is 17.4 Å². The fourth-order valence-electron chi connectivity index (χ4n) is 2.77. The van der Waals surface area contributed by atoms with Gasteiger partial charge in [-0.05, 0) is 44.2 Å². The number of amides is 1. The molecule has 0 bridgehead atoms. The highest BCUT2D eigenvalue weighted by Crippen LogP contribution is 2.32. The number of hydrogen-bond donors (Lipinski definition) is 1. The lowest BCUT2D eigenvalue weighted by molar-refractivity contribution is -0.137. The first-order valence-electron chi connectivity index (χ1n) is 9.38. The molecule has 2 aromatic carbocycles. The SMILES string of the molecule is COCC(=O)Nc1cccc(-n2nc(OC(C)C)nc2-c2ccc(C(F)(F)F)cc2)c1. The van der Waals surface area contributed by atoms with Crippen LogP contribution < -0.4 is 10.1 Å². The average Bonchev–Trinajstić information content (AvgIpc) is 3.11. The highest BCUT2D eigenvalue weighted by atomic mass is 19.4. The zero-order valence-electron chi connectivity index (χ0n) is 17.1. The maximum Gasteiger partial charge on any atom is 0.416 e. The van der Waals surface area contributed by atoms with Crippen molar-refractivity contribution in [3.8, 4) is 23.1 Å². The Bertz CT molecular complexity index is 1050. The third-order valence-electron chi connectivity index (χ3n) is 4.05. The van der Waals surface area contributed by atoms with E-state index in [1.165, 1.54) is 23.9 Å². The molecule has 0 aliphatic rings. The predicted octanol–water partition coefficient (Wildman–Crippen LogP) is 4.33. The molecule has 10 heteroatoms. The Morgan fingerprint density at radius 1 is 1.16 bits per heavy atom. The molecule has 0 saturated carbocycles. The van der Waals surface area contributed by atoms with Crippen molar-refractivity contribution in [2.45, 2.75) is 26.1 Å². The van der Waals surface area contributed by atoms with E-state index in [0.29, 0.717) is 22.8 Å². The Morgan fingerprint density at radius 2 is 1.87 bits per heavy atom. The van der Waals surface area contributed by atoms with E-state index < -0.39 is 11.7 Å². The van der Waals surface area contributed by atoms with Crippen LogP contribution in [0.15, 0.2) is 48.5 Å². The van der Waals surface area contributed by atoms with Crippen LogP contribution in [0.3, 0.4) is 0 Å². The van der Waals surface area contributed by atoms with Gasteiger partial charge >= 0.3 is 12.2 Å². The van der Waals surface area contributed by atoms with Gasteiger partial charge < -0.3 is 14.8 Å². The second kappa shape index (κ2) is 9.17. The Kier molecular flexibility index (Phi) is 6.59. The summed E-state index contributed by atoms with van der Waals surface area (Å²) in [4.78, 5) is 16.2. The number of nitrogens with one attached hydrogen (secondary N) is 1. The maximum absolute atomic E-state index is 12.9. The molecule has 1 N–H and O–H groups in total. The highest BCUT2D eigenvalue weighted by Gasteiger charge is 2.30. The first kappa shape index (κ1) is 22.3. The van der Waals surface area contributed by atoms with E-state index in [1.807, 2.05) is 13.8 Å². The molecule has 0 fully saturated rings. The molecule has 0 unspecified atom stereocenters. The average molecular weight is 434 g/mol. The van der Waals surface area contributed by atoms with Gasteiger partial charge in [0.15, 0.2) is 5.82 Å². The quantitative estimate of drug-likeness (QED) is 0.599. The first-order chi connectivity index (χ1) is 14.7. The summed E-state index contributed by atoms with van der Waals surface area (Å²) in [5.41, 5.74) is 0.702. The normalized spacial score (nSPS) is 11.6. The summed E-state index contributed by atoms with van der Waals surface area (Å²) >= 11 is 0. The third-order valence-corrected chi connectivity index (χ3v) is 4.05. The van der Waals surface area contributed by atoms with Crippen LogP contribution in [0.25, 0.3) is 17.1 Å². The number of carbonyl (C=O) groups is 1. The van der Waals surface area contributed by atoms with Crippen LogP contribution in [0.1, 0.15) is 19.4 Å². The van der Waals surface area contributed by atoms with E-state index in [0.717, 1.165) is 12.1 Å². The summed E-state index contributed by atoms with van der Waals surface area (Å²) in [7, 11) is 1.41. The van der Waals surface area contributed by atoms with Crippen molar-refractivity contribution in [3.05, 3.63) is 54.1 Å². The summed E-state index contributed by atoms with van der Waals surface area (Å²) in [5.74, 6) is -0.0326. The van der Waals surface area contributed by atoms with Crippen LogP contribution >= 0.6 is 0 Å². The molecule has 0 atom stereocenters. The van der Waals surface area contributed by atoms with Crippen LogP contribution in [0.4, 0.5) is 18.9 Å². The van der Waals surface area contributed by atoms with Gasteiger partial charge in [0.25, 0.3) is 0 Å². The van der Waals surface area contributed by atoms with Crippen LogP contribution in [-0.2, 0) is 15.7 Å². The fraction of sp³-hybridized carbons (Fsp3) is 0.286. The van der Waals surface area contributed by atoms with Crippen molar-refractivity contribution in [3.63, 3.8) is 0 Å². The Balaban J connectivity index is 2.02. The molecule has 1 aromatic heterocycles. The van der Waals surface area contributed by atoms with E-state index in [9.17, 15) is 18.0 Å². The molecule has 7 nitrogen and oxygen atoms in total. The number of nitrogens with zero attached hydrogens (tertiary/aromatic N) is 3. The molecule has 0 aliphatic heterocycles. The van der Waals surface area contributed by atoms with E-state index in [1.54, 1.807) is 24.3 Å². The number of halogens is 3. The zero-order valence-corrected chi connectivity index (χ0v) is 17.1. The molecule has 1 heterocycles. The van der Waals surface area contributed by atoms with Crippen molar-refractivity contribution >= 4 is 11.6 Å². The Hall–Kier alpha value is -3.40. The standard InChI is InChI=1S/C21H21F3N4O3/c1-13(2)31-20-26-19(14-7-9-15(10-8-14)21(22,23)24)28(27-20)17-6-4-5-16(11-17)25-18(29)12-30-3/h4-11,13H,12H2,1-3H3,(H,25,29). The molecule has 3 rings (SSSR count). The second-order valence-electron chi connectivity index (χ2n) is 6.90. The van der Waals surface area contributed by atoms with E-state index >= 15 is 0 Å². The van der Waals surface area contributed by atoms with Gasteiger partial charge in [0.2, 0.25) is 5.91 Å². The minimum atomic E-state index is -4.44. The Labute approximate surface area is 176 Å². The number of carbonyl (C=O) groups excluding carboxylic acids is 1. The summed E-state index contributed by atoms with van der Waals surface area (Å²) in [6.45, 7) is 3.52. The van der Waals surface area contributed by atoms with Crippen LogP contribution in [0.2, 0.25) is 0 Å². The number of benzene rings is 2. The second-order valence-corrected chi connectivity index (χ2v) is 6.90. The van der Waals surface area contributed by atoms with Crippen molar-refractivity contribution in [1.29, 1.82) is 0 Å². The van der Waals surface area contributed by atoms with Crippen molar-refractivity contribution in [2.24, 2.45) is 0 Å². The third kappa shape index (κ3) is 5.60. The van der Waals surface area contributed by atoms with Crippen LogP contribution in [-0.4, -0.2) is 40.5 Å². The molecule has 0 spiro atoms. The molecule has 0 aliphatic carbocycles. The molecular weight excluding hydrogens is 413 g/mol. The van der Waals surface area contributed by atoms with Gasteiger partial charge in [-0.2, -0.15) is 18.2 Å². The molecule has 0 saturated heterocycles. The summed E-state index contributed by atoms with van der Waals surface area (Å²) < 4.78 is 50.6. The Morgan fingerprint density at radius 3 is 2.48 bits per heavy atom. The number of anilines is 1. The minimum absolute atomic E-state index is 0.0821. The number of aromatic nitrogens is 3. The van der Waals surface area contributed by atoms with Crippen molar-refractivity contribution < 1.29 is 27.4 Å². The molecule has 3 aromatic rings. The predicted molar refractivity (Wildman–Crippen MR) is 108 cm³/mol. The highest BCUT2D eigenvalue weighted by molar-refractivity contribution is 5.91. The summed E-state index contributed by atoms with van der Waals surface area (Å²) in [5, 5.41) is 7.04. The van der Waals surface area contributed by atoms with Gasteiger partial charge in [0.1, 0.15) is 6.61 Å². The molecule has 1 amide bonds. The van der Waals surface area contributed by atoms with E-state index in [-0.39, 0.29) is 24.6 Å². The van der Waals surface area contributed by atoms with Crippen molar-refractivity contribution in [1.82, 2.24) is 14.8 Å². The lowest BCUT2D eigenvalue weighted by atomic mass is 10.1. The number of ether oxygens (including phenoxy) is 2. The molecule has 164 valence electrons. The van der Waals surface area contributed by atoms with Gasteiger partial charge in [-0.1, -0.05) is 18.2 Å². The first-order valence-corrected chi connectivity index (χ1v) is 9.38. The largest absolute Gasteiger partial charge is 0.460 e. The number of rotatable bonds is 7. The number of hydrogen-bond acceptors (Lipinski definition) is 5. The van der Waals surface area contributed by atoms with Crippen molar-refractivity contribution in [2.75, 3.05) is 19.0 Å². The smallest absolute Gasteiger partial charge is 0.416 e. The lowest BCUT2D eigenvalue weighted by Gasteiger charge is -2.10. The molecule has 0 radical (unpaired) electrons. The van der Waals surface area contributed by atoms with E-state index in [2.05, 4.69) is 15.4 Å². The molecular formula is C21H21F3N4O3. The number of methoxy groups -OCH3 is 1. The van der Waals surface area contributed by atoms with Crippen LogP contribution in [0, 0.1) is 0 Å². The topological polar surface area (TPSA) is 78.3 Å². The van der Waals surface area contributed by atoms with E-state index in [4.69, 9.17) is 9.47 Å². The van der Waals surface area contributed by atoms with Crippen LogP contribution in [0.5, 0.6) is 6.01 Å². The summed E-state index contributed by atoms with van der Waals surface area (Å²) in [6, 6.07) is 11.5. The number of alkyl halides is 3. The summed E-state index contributed by atoms with van der Waals surface area (Å²) in [6.07, 6.45) is -4.64. The van der Waals surface area contributed by atoms with Gasteiger partial charge in [0, 0.05) is 18.4 Å².